The van der Waals surface area contributed by atoms with Gasteiger partial charge in [0, 0.05) is 6.07 Å². The Morgan fingerprint density at radius 3 is 2.81 bits per heavy atom. The largest absolute Gasteiger partial charge is 0.312 e. The first-order valence-electron chi connectivity index (χ1n) is 6.56. The molecule has 2 aliphatic rings. The Kier molecular flexibility index (Phi) is 3.69. The van der Waals surface area contributed by atoms with Crippen LogP contribution in [-0.4, -0.2) is 42.9 Å². The highest BCUT2D eigenvalue weighted by Crippen LogP contribution is 2.36. The average molecular weight is 332 g/mol. The van der Waals surface area contributed by atoms with E-state index in [0.717, 1.165) is 11.8 Å². The molecular weight excluding hydrogens is 318 g/mol. The SMILES string of the molecule is CCSC1=NC2CS(=O)(=O)CC2N1c1ccc(F)cc1F. The van der Waals surface area contributed by atoms with E-state index in [1.54, 1.807) is 4.90 Å². The van der Waals surface area contributed by atoms with Crippen LogP contribution in [0.2, 0.25) is 0 Å². The molecule has 0 spiro atoms. The van der Waals surface area contributed by atoms with Gasteiger partial charge in [0.1, 0.15) is 11.6 Å². The number of hydrogen-bond acceptors (Lipinski definition) is 5. The summed E-state index contributed by atoms with van der Waals surface area (Å²) in [5.74, 6) is -0.682. The summed E-state index contributed by atoms with van der Waals surface area (Å²) in [6.07, 6.45) is 0. The second kappa shape index (κ2) is 5.24. The number of aliphatic imine (C=N–C) groups is 1. The van der Waals surface area contributed by atoms with Gasteiger partial charge in [-0.25, -0.2) is 17.2 Å². The molecule has 1 fully saturated rings. The Bertz CT molecular complexity index is 706. The monoisotopic (exact) mass is 332 g/mol. The van der Waals surface area contributed by atoms with E-state index < -0.39 is 27.5 Å². The Hall–Kier alpha value is -1.15. The number of amidine groups is 1. The van der Waals surface area contributed by atoms with Gasteiger partial charge in [-0.1, -0.05) is 18.7 Å². The number of rotatable bonds is 2. The number of hydrogen-bond donors (Lipinski definition) is 0. The van der Waals surface area contributed by atoms with Crippen LogP contribution in [-0.2, 0) is 9.84 Å². The average Bonchev–Trinajstić information content (AvgIpc) is 2.82. The van der Waals surface area contributed by atoms with E-state index in [9.17, 15) is 17.2 Å². The molecule has 2 unspecified atom stereocenters. The maximum atomic E-state index is 14.1. The van der Waals surface area contributed by atoms with Gasteiger partial charge < -0.3 is 4.90 Å². The van der Waals surface area contributed by atoms with E-state index in [-0.39, 0.29) is 23.2 Å². The summed E-state index contributed by atoms with van der Waals surface area (Å²) in [5.41, 5.74) is 0.181. The van der Waals surface area contributed by atoms with E-state index in [0.29, 0.717) is 5.17 Å². The van der Waals surface area contributed by atoms with Gasteiger partial charge in [-0.2, -0.15) is 0 Å². The van der Waals surface area contributed by atoms with Crippen LogP contribution in [0.1, 0.15) is 6.92 Å². The molecule has 1 saturated heterocycles. The summed E-state index contributed by atoms with van der Waals surface area (Å²) in [7, 11) is -3.16. The zero-order chi connectivity index (χ0) is 15.2. The number of halogens is 2. The Balaban J connectivity index is 2.03. The summed E-state index contributed by atoms with van der Waals surface area (Å²) in [6, 6.07) is 2.55. The molecule has 0 saturated carbocycles. The van der Waals surface area contributed by atoms with Crippen LogP contribution in [0.25, 0.3) is 0 Å². The highest BCUT2D eigenvalue weighted by Gasteiger charge is 2.47. The molecule has 4 nitrogen and oxygen atoms in total. The quantitative estimate of drug-likeness (QED) is 0.832. The van der Waals surface area contributed by atoms with Crippen LogP contribution < -0.4 is 4.90 Å². The zero-order valence-corrected chi connectivity index (χ0v) is 12.9. The zero-order valence-electron chi connectivity index (χ0n) is 11.3. The maximum Gasteiger partial charge on any atom is 0.164 e. The van der Waals surface area contributed by atoms with Crippen LogP contribution >= 0.6 is 11.8 Å². The fourth-order valence-electron chi connectivity index (χ4n) is 2.72. The molecule has 0 radical (unpaired) electrons. The molecule has 0 amide bonds. The van der Waals surface area contributed by atoms with Crippen molar-refractivity contribution < 1.29 is 17.2 Å². The predicted octanol–water partition coefficient (Wildman–Crippen LogP) is 2.06. The third kappa shape index (κ3) is 2.66. The van der Waals surface area contributed by atoms with Crippen molar-refractivity contribution in [1.29, 1.82) is 0 Å². The van der Waals surface area contributed by atoms with E-state index >= 15 is 0 Å². The maximum absolute atomic E-state index is 14.1. The standard InChI is InChI=1S/C13H14F2N2O2S2/c1-2-20-13-16-10-6-21(18,19)7-12(10)17(13)11-4-3-8(14)5-9(11)15/h3-5,10,12H,2,6-7H2,1H3. The second-order valence-corrected chi connectivity index (χ2v) is 8.41. The summed E-state index contributed by atoms with van der Waals surface area (Å²) in [6.45, 7) is 1.94. The molecule has 2 heterocycles. The van der Waals surface area contributed by atoms with Crippen molar-refractivity contribution in [3.05, 3.63) is 29.8 Å². The Morgan fingerprint density at radius 2 is 2.14 bits per heavy atom. The fourth-order valence-corrected chi connectivity index (χ4v) is 5.41. The first-order valence-corrected chi connectivity index (χ1v) is 9.37. The van der Waals surface area contributed by atoms with Crippen LogP contribution in [0.5, 0.6) is 0 Å². The van der Waals surface area contributed by atoms with Gasteiger partial charge in [-0.3, -0.25) is 4.99 Å². The molecule has 2 aliphatic heterocycles. The smallest absolute Gasteiger partial charge is 0.164 e. The van der Waals surface area contributed by atoms with E-state index in [1.807, 2.05) is 6.92 Å². The minimum Gasteiger partial charge on any atom is -0.312 e. The Labute approximate surface area is 126 Å². The molecule has 3 rings (SSSR count). The minimum atomic E-state index is -3.16. The van der Waals surface area contributed by atoms with Crippen molar-refractivity contribution in [3.63, 3.8) is 0 Å². The van der Waals surface area contributed by atoms with Gasteiger partial charge in [0.25, 0.3) is 0 Å². The molecule has 114 valence electrons. The van der Waals surface area contributed by atoms with Crippen LogP contribution in [0.4, 0.5) is 14.5 Å². The lowest BCUT2D eigenvalue weighted by atomic mass is 10.1. The van der Waals surface area contributed by atoms with Crippen molar-refractivity contribution in [2.75, 3.05) is 22.2 Å². The van der Waals surface area contributed by atoms with Crippen LogP contribution in [0.15, 0.2) is 23.2 Å². The van der Waals surface area contributed by atoms with Crippen LogP contribution in [0.3, 0.4) is 0 Å². The van der Waals surface area contributed by atoms with Crippen molar-refractivity contribution in [2.24, 2.45) is 4.99 Å². The van der Waals surface area contributed by atoms with Crippen molar-refractivity contribution >= 4 is 32.5 Å². The lowest BCUT2D eigenvalue weighted by molar-refractivity contribution is 0.577. The highest BCUT2D eigenvalue weighted by molar-refractivity contribution is 8.14. The summed E-state index contributed by atoms with van der Waals surface area (Å²) >= 11 is 1.43. The number of nitrogens with zero attached hydrogens (tertiary/aromatic N) is 2. The number of sulfone groups is 1. The van der Waals surface area contributed by atoms with Gasteiger partial charge in [-0.15, -0.1) is 0 Å². The number of benzene rings is 1. The number of anilines is 1. The summed E-state index contributed by atoms with van der Waals surface area (Å²) < 4.78 is 50.7. The van der Waals surface area contributed by atoms with E-state index in [2.05, 4.69) is 4.99 Å². The molecule has 0 aromatic heterocycles. The minimum absolute atomic E-state index is 0.00917. The summed E-state index contributed by atoms with van der Waals surface area (Å²) in [4.78, 5) is 6.03. The number of fused-ring (bicyclic) bond motifs is 1. The molecule has 0 bridgehead atoms. The normalized spacial score (nSPS) is 26.8. The highest BCUT2D eigenvalue weighted by atomic mass is 32.2. The predicted molar refractivity (Wildman–Crippen MR) is 80.6 cm³/mol. The van der Waals surface area contributed by atoms with Gasteiger partial charge >= 0.3 is 0 Å². The second-order valence-electron chi connectivity index (χ2n) is 5.02. The lowest BCUT2D eigenvalue weighted by Crippen LogP contribution is -2.39. The van der Waals surface area contributed by atoms with Crippen molar-refractivity contribution in [3.8, 4) is 0 Å². The van der Waals surface area contributed by atoms with E-state index in [1.165, 1.54) is 23.9 Å². The molecule has 0 aliphatic carbocycles. The number of thioether (sulfide) groups is 1. The molecule has 0 N–H and O–H groups in total. The molecule has 2 atom stereocenters. The first-order chi connectivity index (χ1) is 9.91. The lowest BCUT2D eigenvalue weighted by Gasteiger charge is -2.26. The van der Waals surface area contributed by atoms with Crippen LogP contribution in [0, 0.1) is 11.6 Å². The molecule has 1 aromatic carbocycles. The van der Waals surface area contributed by atoms with Gasteiger partial charge in [0.05, 0.1) is 29.3 Å². The van der Waals surface area contributed by atoms with Gasteiger partial charge in [0.2, 0.25) is 0 Å². The molecule has 1 aromatic rings. The molecule has 21 heavy (non-hydrogen) atoms. The van der Waals surface area contributed by atoms with Gasteiger partial charge in [0.15, 0.2) is 15.0 Å². The van der Waals surface area contributed by atoms with E-state index in [4.69, 9.17) is 0 Å². The van der Waals surface area contributed by atoms with Crippen molar-refractivity contribution in [2.45, 2.75) is 19.0 Å². The third-order valence-electron chi connectivity index (χ3n) is 3.55. The first kappa shape index (κ1) is 14.8. The Morgan fingerprint density at radius 1 is 1.38 bits per heavy atom. The van der Waals surface area contributed by atoms with Gasteiger partial charge in [-0.05, 0) is 17.9 Å². The molecule has 8 heteroatoms. The molecular formula is C13H14F2N2O2S2. The fraction of sp³-hybridized carbons (Fsp3) is 0.462. The third-order valence-corrected chi connectivity index (χ3v) is 6.10. The summed E-state index contributed by atoms with van der Waals surface area (Å²) in [5, 5.41) is 0.605. The topological polar surface area (TPSA) is 49.7 Å². The van der Waals surface area contributed by atoms with Crippen molar-refractivity contribution in [1.82, 2.24) is 0 Å².